The van der Waals surface area contributed by atoms with E-state index in [2.05, 4.69) is 16.9 Å². The lowest BCUT2D eigenvalue weighted by molar-refractivity contribution is -0.159. The molecular formula is C28H46N2O7. The number of ether oxygens (including phenoxy) is 1. The second-order valence-electron chi connectivity index (χ2n) is 9.95. The maximum Gasteiger partial charge on any atom is 0.306 e. The Kier molecular flexibility index (Phi) is 15.2. The number of oxazole rings is 2. The monoisotopic (exact) mass is 522 g/mol. The van der Waals surface area contributed by atoms with Crippen LogP contribution in [0.5, 0.6) is 0 Å². The van der Waals surface area contributed by atoms with Crippen molar-refractivity contribution in [3.63, 3.8) is 0 Å². The van der Waals surface area contributed by atoms with Gasteiger partial charge in [-0.1, -0.05) is 77.6 Å². The highest BCUT2D eigenvalue weighted by atomic mass is 16.6. The Balaban J connectivity index is 1.55. The number of nitrogens with zero attached hydrogens (tertiary/aromatic N) is 2. The number of esters is 1. The van der Waals surface area contributed by atoms with Crippen LogP contribution in [-0.2, 0) is 16.0 Å². The third-order valence-corrected chi connectivity index (χ3v) is 6.61. The first-order valence-corrected chi connectivity index (χ1v) is 14.0. The fraction of sp³-hybridized carbons (Fsp3) is 0.750. The lowest BCUT2D eigenvalue weighted by Crippen LogP contribution is -2.39. The van der Waals surface area contributed by atoms with Gasteiger partial charge in [0.25, 0.3) is 0 Å². The molecule has 0 saturated carbocycles. The summed E-state index contributed by atoms with van der Waals surface area (Å²) in [5.41, 5.74) is 0.234. The van der Waals surface area contributed by atoms with Crippen LogP contribution in [-0.4, -0.2) is 49.6 Å². The molecular weight excluding hydrogens is 476 g/mol. The van der Waals surface area contributed by atoms with E-state index >= 15 is 0 Å². The first-order chi connectivity index (χ1) is 17.9. The van der Waals surface area contributed by atoms with Crippen LogP contribution >= 0.6 is 0 Å². The highest BCUT2D eigenvalue weighted by Crippen LogP contribution is 2.22. The number of rotatable bonds is 21. The van der Waals surface area contributed by atoms with Gasteiger partial charge in [0.15, 0.2) is 6.39 Å². The number of aromatic nitrogens is 2. The average Bonchev–Trinajstić information content (AvgIpc) is 3.57. The van der Waals surface area contributed by atoms with Crippen LogP contribution in [0.1, 0.15) is 127 Å². The molecule has 0 aliphatic rings. The summed E-state index contributed by atoms with van der Waals surface area (Å²) < 4.78 is 15.8. The van der Waals surface area contributed by atoms with Crippen LogP contribution in [0.4, 0.5) is 0 Å². The van der Waals surface area contributed by atoms with E-state index in [-0.39, 0.29) is 24.5 Å². The van der Waals surface area contributed by atoms with Gasteiger partial charge in [-0.25, -0.2) is 9.97 Å². The van der Waals surface area contributed by atoms with Crippen molar-refractivity contribution in [1.82, 2.24) is 9.97 Å². The van der Waals surface area contributed by atoms with Gasteiger partial charge in [-0.2, -0.15) is 0 Å². The summed E-state index contributed by atoms with van der Waals surface area (Å²) in [7, 11) is 0. The smallest absolute Gasteiger partial charge is 0.306 e. The van der Waals surface area contributed by atoms with E-state index < -0.39 is 24.4 Å². The SMILES string of the molecule is CCCCCCCCCCCCCCC(=O)OC(C)C(O)C(O)CC(O)c1coc(Cc2cnco2)n1. The quantitative estimate of drug-likeness (QED) is 0.145. The van der Waals surface area contributed by atoms with Gasteiger partial charge in [-0.05, 0) is 13.3 Å². The Morgan fingerprint density at radius 1 is 0.946 bits per heavy atom. The van der Waals surface area contributed by atoms with E-state index in [0.29, 0.717) is 18.1 Å². The normalized spacial score (nSPS) is 14.8. The molecule has 0 aliphatic carbocycles. The topological polar surface area (TPSA) is 139 Å². The van der Waals surface area contributed by atoms with E-state index in [1.807, 2.05) is 0 Å². The van der Waals surface area contributed by atoms with Crippen molar-refractivity contribution >= 4 is 5.97 Å². The second kappa shape index (κ2) is 18.1. The Morgan fingerprint density at radius 3 is 2.16 bits per heavy atom. The van der Waals surface area contributed by atoms with E-state index in [9.17, 15) is 20.1 Å². The molecule has 210 valence electrons. The predicted octanol–water partition coefficient (Wildman–Crippen LogP) is 5.42. The number of aliphatic hydroxyl groups excluding tert-OH is 3. The second-order valence-corrected chi connectivity index (χ2v) is 9.95. The molecule has 2 rings (SSSR count). The minimum atomic E-state index is -1.33. The summed E-state index contributed by atoms with van der Waals surface area (Å²) in [5.74, 6) is 0.512. The number of carbonyl (C=O) groups excluding carboxylic acids is 1. The van der Waals surface area contributed by atoms with E-state index in [1.165, 1.54) is 77.4 Å². The van der Waals surface area contributed by atoms with Gasteiger partial charge in [0.1, 0.15) is 36.0 Å². The van der Waals surface area contributed by atoms with Gasteiger partial charge < -0.3 is 28.9 Å². The minimum absolute atomic E-state index is 0.184. The number of aliphatic hydroxyl groups is 3. The van der Waals surface area contributed by atoms with Gasteiger partial charge >= 0.3 is 5.97 Å². The molecule has 0 amide bonds. The standard InChI is InChI=1S/C28H46N2O7/c1-3-4-5-6-7-8-9-10-11-12-13-14-15-27(33)37-21(2)28(34)25(32)17-24(31)23-19-35-26(30-23)16-22-18-29-20-36-22/h18-21,24-25,28,31-32,34H,3-17H2,1-2H3. The van der Waals surface area contributed by atoms with Crippen LogP contribution < -0.4 is 0 Å². The molecule has 2 aromatic heterocycles. The largest absolute Gasteiger partial charge is 0.460 e. The third kappa shape index (κ3) is 12.7. The molecule has 2 heterocycles. The summed E-state index contributed by atoms with van der Waals surface area (Å²) in [5, 5.41) is 31.1. The minimum Gasteiger partial charge on any atom is -0.460 e. The fourth-order valence-corrected chi connectivity index (χ4v) is 4.29. The maximum absolute atomic E-state index is 12.1. The van der Waals surface area contributed by atoms with Crippen LogP contribution in [0.3, 0.4) is 0 Å². The molecule has 9 heteroatoms. The van der Waals surface area contributed by atoms with Gasteiger partial charge in [0.2, 0.25) is 5.89 Å². The Bertz CT molecular complexity index is 839. The van der Waals surface area contributed by atoms with Crippen molar-refractivity contribution in [3.05, 3.63) is 36.2 Å². The lowest BCUT2D eigenvalue weighted by atomic mass is 10.0. The van der Waals surface area contributed by atoms with Crippen molar-refractivity contribution < 1.29 is 33.7 Å². The number of hydrogen-bond acceptors (Lipinski definition) is 9. The van der Waals surface area contributed by atoms with Gasteiger partial charge in [-0.15, -0.1) is 0 Å². The van der Waals surface area contributed by atoms with Crippen LogP contribution in [0.25, 0.3) is 0 Å². The zero-order chi connectivity index (χ0) is 26.9. The van der Waals surface area contributed by atoms with Crippen molar-refractivity contribution in [1.29, 1.82) is 0 Å². The highest BCUT2D eigenvalue weighted by molar-refractivity contribution is 5.69. The zero-order valence-corrected chi connectivity index (χ0v) is 22.5. The molecule has 3 N–H and O–H groups in total. The molecule has 9 nitrogen and oxygen atoms in total. The molecule has 0 saturated heterocycles. The van der Waals surface area contributed by atoms with Crippen LogP contribution in [0.15, 0.2) is 27.7 Å². The average molecular weight is 523 g/mol. The van der Waals surface area contributed by atoms with Crippen LogP contribution in [0, 0.1) is 0 Å². The fourth-order valence-electron chi connectivity index (χ4n) is 4.29. The van der Waals surface area contributed by atoms with E-state index in [0.717, 1.165) is 19.3 Å². The van der Waals surface area contributed by atoms with Crippen molar-refractivity contribution in [3.8, 4) is 0 Å². The first kappa shape index (κ1) is 31.0. The molecule has 0 radical (unpaired) electrons. The Morgan fingerprint density at radius 2 is 1.57 bits per heavy atom. The van der Waals surface area contributed by atoms with Crippen molar-refractivity contribution in [2.24, 2.45) is 0 Å². The third-order valence-electron chi connectivity index (χ3n) is 6.61. The number of hydrogen-bond donors (Lipinski definition) is 3. The van der Waals surface area contributed by atoms with E-state index in [4.69, 9.17) is 13.6 Å². The van der Waals surface area contributed by atoms with Crippen LogP contribution in [0.2, 0.25) is 0 Å². The molecule has 0 fully saturated rings. The first-order valence-electron chi connectivity index (χ1n) is 14.0. The van der Waals surface area contributed by atoms with E-state index in [1.54, 1.807) is 6.20 Å². The molecule has 2 aromatic rings. The van der Waals surface area contributed by atoms with Crippen molar-refractivity contribution in [2.75, 3.05) is 0 Å². The van der Waals surface area contributed by atoms with Gasteiger partial charge in [0, 0.05) is 12.8 Å². The summed E-state index contributed by atoms with van der Waals surface area (Å²) in [4.78, 5) is 20.2. The molecule has 0 aliphatic heterocycles. The molecule has 0 spiro atoms. The summed E-state index contributed by atoms with van der Waals surface area (Å²) in [6.45, 7) is 3.77. The number of unbranched alkanes of at least 4 members (excludes halogenated alkanes) is 11. The molecule has 0 aromatic carbocycles. The number of carbonyl (C=O) groups is 1. The predicted molar refractivity (Wildman–Crippen MR) is 139 cm³/mol. The molecule has 4 unspecified atom stereocenters. The Hall–Kier alpha value is -2.23. The molecule has 37 heavy (non-hydrogen) atoms. The zero-order valence-electron chi connectivity index (χ0n) is 22.5. The molecule has 4 atom stereocenters. The summed E-state index contributed by atoms with van der Waals surface area (Å²) in [6.07, 6.45) is 14.4. The molecule has 0 bridgehead atoms. The Labute approximate surface area is 220 Å². The maximum atomic E-state index is 12.1. The van der Waals surface area contributed by atoms with Crippen molar-refractivity contribution in [2.45, 2.75) is 135 Å². The lowest BCUT2D eigenvalue weighted by Gasteiger charge is -2.25. The summed E-state index contributed by atoms with van der Waals surface area (Å²) >= 11 is 0. The summed E-state index contributed by atoms with van der Waals surface area (Å²) in [6, 6.07) is 0. The van der Waals surface area contributed by atoms with Gasteiger partial charge in [0.05, 0.1) is 18.7 Å². The highest BCUT2D eigenvalue weighted by Gasteiger charge is 2.29. The van der Waals surface area contributed by atoms with Gasteiger partial charge in [-0.3, -0.25) is 4.79 Å².